The average Bonchev–Trinajstić information content (AvgIpc) is 3.35. The molecule has 24 heavy (non-hydrogen) atoms. The number of thiazole rings is 1. The molecule has 0 bridgehead atoms. The Labute approximate surface area is 146 Å². The van der Waals surface area contributed by atoms with Crippen LogP contribution >= 0.6 is 11.3 Å². The molecule has 2 aromatic heterocycles. The minimum Gasteiger partial charge on any atom is -0.375 e. The lowest BCUT2D eigenvalue weighted by Gasteiger charge is -2.28. The minimum absolute atomic E-state index is 0.0454. The zero-order valence-electron chi connectivity index (χ0n) is 14.5. The zero-order valence-corrected chi connectivity index (χ0v) is 15.3. The van der Waals surface area contributed by atoms with Crippen LogP contribution in [0.1, 0.15) is 64.9 Å². The van der Waals surface area contributed by atoms with Crippen LogP contribution in [0.25, 0.3) is 0 Å². The Bertz CT molecular complexity index is 712. The van der Waals surface area contributed by atoms with Gasteiger partial charge in [-0.2, -0.15) is 0 Å². The topological polar surface area (TPSA) is 55.3 Å². The highest BCUT2D eigenvalue weighted by Gasteiger charge is 2.38. The lowest BCUT2D eigenvalue weighted by molar-refractivity contribution is 0.0674. The summed E-state index contributed by atoms with van der Waals surface area (Å²) in [6.45, 7) is 5.89. The number of methoxy groups -OCH3 is 1. The number of hydrogen-bond acceptors (Lipinski definition) is 5. The normalized spacial score (nSPS) is 16.7. The molecule has 6 heteroatoms. The van der Waals surface area contributed by atoms with Crippen molar-refractivity contribution in [2.45, 2.75) is 51.8 Å². The van der Waals surface area contributed by atoms with Crippen LogP contribution in [0, 0.1) is 6.92 Å². The van der Waals surface area contributed by atoms with Crippen LogP contribution in [0.5, 0.6) is 0 Å². The number of aromatic nitrogens is 2. The first-order valence-corrected chi connectivity index (χ1v) is 9.08. The summed E-state index contributed by atoms with van der Waals surface area (Å²) in [5, 5.41) is 0.847. The van der Waals surface area contributed by atoms with E-state index in [2.05, 4.69) is 9.97 Å². The summed E-state index contributed by atoms with van der Waals surface area (Å²) >= 11 is 1.44. The van der Waals surface area contributed by atoms with E-state index in [1.54, 1.807) is 13.3 Å². The lowest BCUT2D eigenvalue weighted by Crippen LogP contribution is -2.35. The van der Waals surface area contributed by atoms with Crippen molar-refractivity contribution in [3.63, 3.8) is 0 Å². The first-order chi connectivity index (χ1) is 11.5. The van der Waals surface area contributed by atoms with Crippen LogP contribution in [0.3, 0.4) is 0 Å². The third-order valence-electron chi connectivity index (χ3n) is 4.42. The van der Waals surface area contributed by atoms with Gasteiger partial charge in [-0.1, -0.05) is 6.07 Å². The molecule has 1 aliphatic carbocycles. The van der Waals surface area contributed by atoms with Crippen molar-refractivity contribution in [2.24, 2.45) is 0 Å². The predicted molar refractivity (Wildman–Crippen MR) is 94.1 cm³/mol. The third kappa shape index (κ3) is 3.35. The Morgan fingerprint density at radius 2 is 2.12 bits per heavy atom. The second kappa shape index (κ2) is 6.99. The maximum Gasteiger partial charge on any atom is 0.266 e. The van der Waals surface area contributed by atoms with Gasteiger partial charge in [-0.25, -0.2) is 4.98 Å². The fourth-order valence-corrected chi connectivity index (χ4v) is 3.82. The Hall–Kier alpha value is -1.79. The van der Waals surface area contributed by atoms with E-state index in [0.29, 0.717) is 10.9 Å². The van der Waals surface area contributed by atoms with E-state index in [-0.39, 0.29) is 18.1 Å². The van der Waals surface area contributed by atoms with E-state index in [0.717, 1.165) is 29.2 Å². The monoisotopic (exact) mass is 345 g/mol. The molecule has 0 radical (unpaired) electrons. The first-order valence-electron chi connectivity index (χ1n) is 8.26. The molecule has 1 fully saturated rings. The van der Waals surface area contributed by atoms with Crippen LogP contribution < -0.4 is 0 Å². The summed E-state index contributed by atoms with van der Waals surface area (Å²) in [5.74, 6) is 0.0557. The van der Waals surface area contributed by atoms with Gasteiger partial charge in [0.25, 0.3) is 5.91 Å². The number of amides is 1. The van der Waals surface area contributed by atoms with Crippen molar-refractivity contribution in [3.8, 4) is 0 Å². The number of hydrogen-bond donors (Lipinski definition) is 0. The summed E-state index contributed by atoms with van der Waals surface area (Å²) in [5.41, 5.74) is 1.70. The van der Waals surface area contributed by atoms with E-state index >= 15 is 0 Å². The molecule has 0 spiro atoms. The molecule has 2 aromatic rings. The maximum atomic E-state index is 13.2. The second-order valence-corrected chi connectivity index (χ2v) is 7.25. The number of nitrogens with zero attached hydrogens (tertiary/aromatic N) is 3. The number of pyridine rings is 1. The number of ether oxygens (including phenoxy) is 1. The number of carbonyl (C=O) groups excluding carboxylic acids is 1. The molecule has 0 N–H and O–H groups in total. The molecule has 2 heterocycles. The zero-order chi connectivity index (χ0) is 17.3. The second-order valence-electron chi connectivity index (χ2n) is 6.22. The van der Waals surface area contributed by atoms with Crippen LogP contribution in [0.15, 0.2) is 24.4 Å². The number of carbonyl (C=O) groups is 1. The van der Waals surface area contributed by atoms with E-state index < -0.39 is 0 Å². The van der Waals surface area contributed by atoms with E-state index in [1.807, 2.05) is 43.9 Å². The Morgan fingerprint density at radius 1 is 1.38 bits per heavy atom. The van der Waals surface area contributed by atoms with Crippen molar-refractivity contribution in [2.75, 3.05) is 7.11 Å². The van der Waals surface area contributed by atoms with Crippen LogP contribution in [-0.2, 0) is 4.74 Å². The molecule has 0 aliphatic heterocycles. The molecule has 1 amide bonds. The van der Waals surface area contributed by atoms with Gasteiger partial charge in [-0.3, -0.25) is 9.78 Å². The standard InChI is InChI=1S/C18H23N3O2S/c1-11-16(24-17(20-11)13(3)23-4)18(22)21(14-8-9-14)12(2)15-7-5-6-10-19-15/h5-7,10,12-14H,8-9H2,1-4H3. The average molecular weight is 345 g/mol. The molecule has 2 atom stereocenters. The highest BCUT2D eigenvalue weighted by Crippen LogP contribution is 2.37. The largest absolute Gasteiger partial charge is 0.375 e. The van der Waals surface area contributed by atoms with Crippen molar-refractivity contribution in [1.29, 1.82) is 0 Å². The van der Waals surface area contributed by atoms with Crippen LogP contribution in [-0.4, -0.2) is 33.9 Å². The van der Waals surface area contributed by atoms with Crippen molar-refractivity contribution < 1.29 is 9.53 Å². The Balaban J connectivity index is 1.89. The highest BCUT2D eigenvalue weighted by molar-refractivity contribution is 7.13. The highest BCUT2D eigenvalue weighted by atomic mass is 32.1. The molecular formula is C18H23N3O2S. The summed E-state index contributed by atoms with van der Waals surface area (Å²) in [7, 11) is 1.66. The smallest absolute Gasteiger partial charge is 0.266 e. The third-order valence-corrected chi connectivity index (χ3v) is 5.72. The summed E-state index contributed by atoms with van der Waals surface area (Å²) in [4.78, 5) is 24.9. The molecular weight excluding hydrogens is 322 g/mol. The van der Waals surface area contributed by atoms with Crippen molar-refractivity contribution in [3.05, 3.63) is 45.7 Å². The van der Waals surface area contributed by atoms with Gasteiger partial charge >= 0.3 is 0 Å². The fraction of sp³-hybridized carbons (Fsp3) is 0.500. The van der Waals surface area contributed by atoms with Gasteiger partial charge in [0.1, 0.15) is 16.0 Å². The van der Waals surface area contributed by atoms with Crippen LogP contribution in [0.2, 0.25) is 0 Å². The minimum atomic E-state index is -0.0992. The molecule has 128 valence electrons. The lowest BCUT2D eigenvalue weighted by atomic mass is 10.1. The summed E-state index contributed by atoms with van der Waals surface area (Å²) in [6.07, 6.45) is 3.79. The van der Waals surface area contributed by atoms with Gasteiger partial charge in [0.15, 0.2) is 0 Å². The first kappa shape index (κ1) is 17.0. The fourth-order valence-electron chi connectivity index (χ4n) is 2.78. The van der Waals surface area contributed by atoms with Gasteiger partial charge in [-0.15, -0.1) is 11.3 Å². The molecule has 3 rings (SSSR count). The van der Waals surface area contributed by atoms with E-state index in [9.17, 15) is 4.79 Å². The molecule has 2 unspecified atom stereocenters. The molecule has 0 aromatic carbocycles. The maximum absolute atomic E-state index is 13.2. The molecule has 5 nitrogen and oxygen atoms in total. The van der Waals surface area contributed by atoms with Gasteiger partial charge < -0.3 is 9.64 Å². The van der Waals surface area contributed by atoms with E-state index in [1.165, 1.54) is 11.3 Å². The summed E-state index contributed by atoms with van der Waals surface area (Å²) < 4.78 is 5.33. The van der Waals surface area contributed by atoms with Gasteiger partial charge in [0, 0.05) is 19.3 Å². The molecule has 1 aliphatic rings. The van der Waals surface area contributed by atoms with E-state index in [4.69, 9.17) is 4.74 Å². The van der Waals surface area contributed by atoms with Gasteiger partial charge in [0.05, 0.1) is 17.4 Å². The van der Waals surface area contributed by atoms with Gasteiger partial charge in [0.2, 0.25) is 0 Å². The predicted octanol–water partition coefficient (Wildman–Crippen LogP) is 3.92. The molecule has 1 saturated carbocycles. The Kier molecular flexibility index (Phi) is 4.96. The van der Waals surface area contributed by atoms with Gasteiger partial charge in [-0.05, 0) is 45.7 Å². The van der Waals surface area contributed by atoms with Crippen molar-refractivity contribution in [1.82, 2.24) is 14.9 Å². The summed E-state index contributed by atoms with van der Waals surface area (Å²) in [6, 6.07) is 6.09. The SMILES string of the molecule is COC(C)c1nc(C)c(C(=O)N(C2CC2)C(C)c2ccccn2)s1. The van der Waals surface area contributed by atoms with Crippen LogP contribution in [0.4, 0.5) is 0 Å². The van der Waals surface area contributed by atoms with Crippen molar-refractivity contribution >= 4 is 17.2 Å². The molecule has 0 saturated heterocycles. The number of rotatable bonds is 6. The Morgan fingerprint density at radius 3 is 2.71 bits per heavy atom. The number of aryl methyl sites for hydroxylation is 1. The quantitative estimate of drug-likeness (QED) is 0.796.